The third-order valence-electron chi connectivity index (χ3n) is 1.81. The second kappa shape index (κ2) is 4.05. The molecule has 0 heterocycles. The second-order valence-electron chi connectivity index (χ2n) is 2.94. The first kappa shape index (κ1) is 8.98. The lowest BCUT2D eigenvalue weighted by atomic mass is 10.1. The van der Waals surface area contributed by atoms with Crippen molar-refractivity contribution in [1.82, 2.24) is 0 Å². The summed E-state index contributed by atoms with van der Waals surface area (Å²) in [5.41, 5.74) is 2.22. The van der Waals surface area contributed by atoms with E-state index in [2.05, 4.69) is 6.58 Å². The summed E-state index contributed by atoms with van der Waals surface area (Å²) in [6.07, 6.45) is 0.844. The summed E-state index contributed by atoms with van der Waals surface area (Å²) in [5.74, 6) is 0. The van der Waals surface area contributed by atoms with E-state index < -0.39 is 6.17 Å². The molecule has 0 saturated heterocycles. The van der Waals surface area contributed by atoms with Crippen LogP contribution in [0.4, 0.5) is 4.39 Å². The Morgan fingerprint density at radius 3 is 2.50 bits per heavy atom. The minimum absolute atomic E-state index is 0.434. The Hall–Kier alpha value is -1.11. The van der Waals surface area contributed by atoms with Crippen molar-refractivity contribution in [3.8, 4) is 0 Å². The van der Waals surface area contributed by atoms with Gasteiger partial charge in [-0.25, -0.2) is 4.39 Å². The fourth-order valence-corrected chi connectivity index (χ4v) is 1.03. The van der Waals surface area contributed by atoms with Gasteiger partial charge in [0.1, 0.15) is 6.17 Å². The van der Waals surface area contributed by atoms with E-state index in [1.54, 1.807) is 0 Å². The zero-order valence-corrected chi connectivity index (χ0v) is 7.26. The van der Waals surface area contributed by atoms with E-state index in [4.69, 9.17) is 0 Å². The molecule has 0 N–H and O–H groups in total. The lowest BCUT2D eigenvalue weighted by Crippen LogP contribution is -1.99. The molecule has 1 aromatic carbocycles. The van der Waals surface area contributed by atoms with Gasteiger partial charge in [-0.1, -0.05) is 35.9 Å². The van der Waals surface area contributed by atoms with Crippen molar-refractivity contribution in [3.63, 3.8) is 0 Å². The summed E-state index contributed by atoms with van der Waals surface area (Å²) in [4.78, 5) is 0. The summed E-state index contributed by atoms with van der Waals surface area (Å²) in [5, 5.41) is 0. The van der Waals surface area contributed by atoms with Crippen molar-refractivity contribution < 1.29 is 4.39 Å². The minimum Gasteiger partial charge on any atom is -0.243 e. The highest BCUT2D eigenvalue weighted by atomic mass is 19.1. The fourth-order valence-electron chi connectivity index (χ4n) is 1.03. The molecule has 1 heteroatoms. The van der Waals surface area contributed by atoms with Crippen molar-refractivity contribution in [2.75, 3.05) is 0 Å². The third kappa shape index (κ3) is 2.50. The standard InChI is InChI=1S/C11H13F/c1-3-11(12)8-10-6-4-9(2)5-7-10/h3-7,11H,1,8H2,2H3. The van der Waals surface area contributed by atoms with E-state index in [9.17, 15) is 4.39 Å². The number of alkyl halides is 1. The number of aryl methyl sites for hydroxylation is 1. The Balaban J connectivity index is 2.64. The van der Waals surface area contributed by atoms with Crippen LogP contribution in [0.25, 0.3) is 0 Å². The van der Waals surface area contributed by atoms with Gasteiger partial charge in [-0.3, -0.25) is 0 Å². The van der Waals surface area contributed by atoms with Gasteiger partial charge in [0, 0.05) is 6.42 Å². The van der Waals surface area contributed by atoms with Gasteiger partial charge in [-0.15, -0.1) is 6.58 Å². The molecule has 0 nitrogen and oxygen atoms in total. The van der Waals surface area contributed by atoms with Gasteiger partial charge in [-0.2, -0.15) is 0 Å². The van der Waals surface area contributed by atoms with Gasteiger partial charge in [0.05, 0.1) is 0 Å². The SMILES string of the molecule is C=CC(F)Cc1ccc(C)cc1. The molecule has 64 valence electrons. The van der Waals surface area contributed by atoms with Gasteiger partial charge in [0.2, 0.25) is 0 Å². The Kier molecular flexibility index (Phi) is 3.03. The Morgan fingerprint density at radius 2 is 2.00 bits per heavy atom. The first-order chi connectivity index (χ1) is 5.72. The van der Waals surface area contributed by atoms with Crippen LogP contribution in [0.5, 0.6) is 0 Å². The molecule has 0 aliphatic rings. The van der Waals surface area contributed by atoms with Crippen molar-refractivity contribution in [1.29, 1.82) is 0 Å². The van der Waals surface area contributed by atoms with Gasteiger partial charge < -0.3 is 0 Å². The van der Waals surface area contributed by atoms with E-state index in [1.807, 2.05) is 31.2 Å². The fraction of sp³-hybridized carbons (Fsp3) is 0.273. The molecule has 1 rings (SSSR count). The molecular weight excluding hydrogens is 151 g/mol. The third-order valence-corrected chi connectivity index (χ3v) is 1.81. The molecule has 0 fully saturated rings. The van der Waals surface area contributed by atoms with Crippen LogP contribution in [0.15, 0.2) is 36.9 Å². The van der Waals surface area contributed by atoms with Crippen LogP contribution in [0, 0.1) is 6.92 Å². The van der Waals surface area contributed by atoms with E-state index in [1.165, 1.54) is 11.6 Å². The van der Waals surface area contributed by atoms with Crippen molar-refractivity contribution in [2.24, 2.45) is 0 Å². The van der Waals surface area contributed by atoms with Crippen LogP contribution in [-0.4, -0.2) is 6.17 Å². The summed E-state index contributed by atoms with van der Waals surface area (Å²) < 4.78 is 12.8. The van der Waals surface area contributed by atoms with E-state index in [-0.39, 0.29) is 0 Å². The van der Waals surface area contributed by atoms with Crippen LogP contribution in [-0.2, 0) is 6.42 Å². The van der Waals surface area contributed by atoms with E-state index in [0.29, 0.717) is 6.42 Å². The molecule has 0 aromatic heterocycles. The summed E-state index contributed by atoms with van der Waals surface area (Å²) >= 11 is 0. The Bertz CT molecular complexity index is 248. The lowest BCUT2D eigenvalue weighted by molar-refractivity contribution is 0.399. The average molecular weight is 164 g/mol. The normalized spacial score (nSPS) is 12.5. The molecule has 0 spiro atoms. The van der Waals surface area contributed by atoms with Crippen molar-refractivity contribution in [3.05, 3.63) is 48.0 Å². The zero-order valence-electron chi connectivity index (χ0n) is 7.26. The predicted molar refractivity (Wildman–Crippen MR) is 50.0 cm³/mol. The Morgan fingerprint density at radius 1 is 1.42 bits per heavy atom. The zero-order chi connectivity index (χ0) is 8.97. The maximum atomic E-state index is 12.8. The van der Waals surface area contributed by atoms with Gasteiger partial charge >= 0.3 is 0 Å². The van der Waals surface area contributed by atoms with Gasteiger partial charge in [-0.05, 0) is 12.5 Å². The predicted octanol–water partition coefficient (Wildman–Crippen LogP) is 3.06. The molecule has 1 atom stereocenters. The largest absolute Gasteiger partial charge is 0.243 e. The molecule has 1 unspecified atom stereocenters. The first-order valence-corrected chi connectivity index (χ1v) is 4.04. The number of benzene rings is 1. The molecule has 0 bridgehead atoms. The molecule has 0 saturated carbocycles. The van der Waals surface area contributed by atoms with Crippen LogP contribution in [0.2, 0.25) is 0 Å². The molecule has 0 amide bonds. The maximum Gasteiger partial charge on any atom is 0.122 e. The highest BCUT2D eigenvalue weighted by Crippen LogP contribution is 2.08. The topological polar surface area (TPSA) is 0 Å². The van der Waals surface area contributed by atoms with Crippen molar-refractivity contribution in [2.45, 2.75) is 19.5 Å². The van der Waals surface area contributed by atoms with E-state index in [0.717, 1.165) is 5.56 Å². The van der Waals surface area contributed by atoms with Crippen LogP contribution < -0.4 is 0 Å². The number of hydrogen-bond donors (Lipinski definition) is 0. The van der Waals surface area contributed by atoms with Crippen LogP contribution >= 0.6 is 0 Å². The number of halogens is 1. The smallest absolute Gasteiger partial charge is 0.122 e. The number of allylic oxidation sites excluding steroid dienone is 1. The summed E-state index contributed by atoms with van der Waals surface area (Å²) in [7, 11) is 0. The molecule has 12 heavy (non-hydrogen) atoms. The lowest BCUT2D eigenvalue weighted by Gasteiger charge is -2.02. The van der Waals surface area contributed by atoms with Crippen LogP contribution in [0.3, 0.4) is 0 Å². The first-order valence-electron chi connectivity index (χ1n) is 4.04. The highest BCUT2D eigenvalue weighted by Gasteiger charge is 2.01. The minimum atomic E-state index is -0.923. The highest BCUT2D eigenvalue weighted by molar-refractivity contribution is 5.22. The molecule has 0 radical (unpaired) electrons. The van der Waals surface area contributed by atoms with Gasteiger partial charge in [0.15, 0.2) is 0 Å². The second-order valence-corrected chi connectivity index (χ2v) is 2.94. The van der Waals surface area contributed by atoms with E-state index >= 15 is 0 Å². The monoisotopic (exact) mass is 164 g/mol. The Labute approximate surface area is 72.7 Å². The molecule has 1 aromatic rings. The average Bonchev–Trinajstić information content (AvgIpc) is 2.09. The summed E-state index contributed by atoms with van der Waals surface area (Å²) in [6.45, 7) is 5.42. The quantitative estimate of drug-likeness (QED) is 0.602. The molecule has 0 aliphatic heterocycles. The molecule has 0 aliphatic carbocycles. The summed E-state index contributed by atoms with van der Waals surface area (Å²) in [6, 6.07) is 7.88. The maximum absolute atomic E-state index is 12.8. The van der Waals surface area contributed by atoms with Gasteiger partial charge in [0.25, 0.3) is 0 Å². The van der Waals surface area contributed by atoms with Crippen molar-refractivity contribution >= 4 is 0 Å². The molecular formula is C11H13F. The van der Waals surface area contributed by atoms with Crippen LogP contribution in [0.1, 0.15) is 11.1 Å². The number of hydrogen-bond acceptors (Lipinski definition) is 0. The number of rotatable bonds is 3.